The van der Waals surface area contributed by atoms with Crippen LogP contribution >= 0.6 is 0 Å². The number of rotatable bonds is 4. The molecule has 6 heteroatoms. The van der Waals surface area contributed by atoms with Gasteiger partial charge in [0.05, 0.1) is 25.0 Å². The van der Waals surface area contributed by atoms with E-state index in [9.17, 15) is 9.18 Å². The Balaban J connectivity index is 2.98. The lowest BCUT2D eigenvalue weighted by atomic mass is 10.2. The van der Waals surface area contributed by atoms with E-state index < -0.39 is 5.82 Å². The minimum atomic E-state index is -0.484. The van der Waals surface area contributed by atoms with Crippen molar-refractivity contribution >= 4 is 17.3 Å². The fourth-order valence-corrected chi connectivity index (χ4v) is 1.46. The number of carbonyl (C=O) groups is 1. The average Bonchev–Trinajstić information content (AvgIpc) is 2.28. The molecule has 0 aromatic heterocycles. The number of carbonyl (C=O) groups excluding carboxylic acids is 1. The molecule has 5 nitrogen and oxygen atoms in total. The van der Waals surface area contributed by atoms with Gasteiger partial charge in [0, 0.05) is 33.3 Å². The Kier molecular flexibility index (Phi) is 4.36. The SMILES string of the molecule is COc1cc(N(C)CC(=O)N(C)C)c(F)cc1N. The van der Waals surface area contributed by atoms with Crippen LogP contribution in [0, 0.1) is 5.82 Å². The Morgan fingerprint density at radius 1 is 1.39 bits per heavy atom. The van der Waals surface area contributed by atoms with Gasteiger partial charge in [0.15, 0.2) is 0 Å². The molecule has 0 saturated carbocycles. The Morgan fingerprint density at radius 3 is 2.50 bits per heavy atom. The molecule has 0 spiro atoms. The molecule has 0 aliphatic heterocycles. The maximum absolute atomic E-state index is 13.8. The predicted octanol–water partition coefficient (Wildman–Crippen LogP) is 0.941. The number of amides is 1. The number of hydrogen-bond donors (Lipinski definition) is 1. The van der Waals surface area contributed by atoms with Crippen LogP contribution in [0.5, 0.6) is 5.75 Å². The predicted molar refractivity (Wildman–Crippen MR) is 69.3 cm³/mol. The van der Waals surface area contributed by atoms with Crippen molar-refractivity contribution in [3.8, 4) is 5.75 Å². The molecule has 100 valence electrons. The van der Waals surface area contributed by atoms with Crippen molar-refractivity contribution in [3.63, 3.8) is 0 Å². The Morgan fingerprint density at radius 2 is 2.00 bits per heavy atom. The van der Waals surface area contributed by atoms with Gasteiger partial charge in [-0.1, -0.05) is 0 Å². The van der Waals surface area contributed by atoms with Crippen molar-refractivity contribution in [2.45, 2.75) is 0 Å². The molecule has 0 aliphatic rings. The zero-order chi connectivity index (χ0) is 13.9. The molecule has 0 unspecified atom stereocenters. The van der Waals surface area contributed by atoms with Gasteiger partial charge in [-0.3, -0.25) is 4.79 Å². The highest BCUT2D eigenvalue weighted by Crippen LogP contribution is 2.30. The van der Waals surface area contributed by atoms with Crippen LogP contribution in [0.1, 0.15) is 0 Å². The molecule has 1 aromatic carbocycles. The first-order chi connectivity index (χ1) is 8.36. The van der Waals surface area contributed by atoms with Crippen LogP contribution in [0.15, 0.2) is 12.1 Å². The van der Waals surface area contributed by atoms with Gasteiger partial charge in [0.2, 0.25) is 5.91 Å². The highest BCUT2D eigenvalue weighted by molar-refractivity contribution is 5.81. The van der Waals surface area contributed by atoms with Gasteiger partial charge in [0.25, 0.3) is 0 Å². The molecule has 2 N–H and O–H groups in total. The molecule has 1 rings (SSSR count). The first kappa shape index (κ1) is 14.1. The lowest BCUT2D eigenvalue weighted by molar-refractivity contribution is -0.127. The molecule has 0 radical (unpaired) electrons. The average molecular weight is 255 g/mol. The number of nitrogens with two attached hydrogens (primary N) is 1. The summed E-state index contributed by atoms with van der Waals surface area (Å²) in [5.41, 5.74) is 6.09. The van der Waals surface area contributed by atoms with Crippen molar-refractivity contribution < 1.29 is 13.9 Å². The third-order valence-corrected chi connectivity index (χ3v) is 2.58. The summed E-state index contributed by atoms with van der Waals surface area (Å²) in [6, 6.07) is 2.67. The fraction of sp³-hybridized carbons (Fsp3) is 0.417. The molecule has 0 bridgehead atoms. The van der Waals surface area contributed by atoms with E-state index in [0.717, 1.165) is 0 Å². The highest BCUT2D eigenvalue weighted by atomic mass is 19.1. The Labute approximate surface area is 106 Å². The molecule has 1 amide bonds. The summed E-state index contributed by atoms with van der Waals surface area (Å²) in [5.74, 6) is -0.217. The lowest BCUT2D eigenvalue weighted by Gasteiger charge is -2.22. The minimum absolute atomic E-state index is 0.0803. The van der Waals surface area contributed by atoms with E-state index in [1.54, 1.807) is 21.1 Å². The second-order valence-electron chi connectivity index (χ2n) is 4.19. The molecule has 0 heterocycles. The molecule has 1 aromatic rings. The number of benzene rings is 1. The van der Waals surface area contributed by atoms with Gasteiger partial charge in [-0.2, -0.15) is 0 Å². The van der Waals surface area contributed by atoms with E-state index in [0.29, 0.717) is 5.75 Å². The normalized spacial score (nSPS) is 10.1. The summed E-state index contributed by atoms with van der Waals surface area (Å²) in [4.78, 5) is 14.5. The number of likely N-dealkylation sites (N-methyl/N-ethyl adjacent to an activating group) is 2. The summed E-state index contributed by atoms with van der Waals surface area (Å²) in [5, 5.41) is 0. The Hall–Kier alpha value is -1.98. The van der Waals surface area contributed by atoms with Crippen LogP contribution in [0.3, 0.4) is 0 Å². The molecule has 0 atom stereocenters. The first-order valence-corrected chi connectivity index (χ1v) is 5.41. The zero-order valence-corrected chi connectivity index (χ0v) is 11.0. The van der Waals surface area contributed by atoms with Gasteiger partial charge in [-0.05, 0) is 0 Å². The quantitative estimate of drug-likeness (QED) is 0.813. The standard InChI is InChI=1S/C12H18FN3O2/c1-15(2)12(17)7-16(3)10-6-11(18-4)9(14)5-8(10)13/h5-6H,7,14H2,1-4H3. The number of ether oxygens (including phenoxy) is 1. The second-order valence-corrected chi connectivity index (χ2v) is 4.19. The number of nitrogens with zero attached hydrogens (tertiary/aromatic N) is 2. The number of halogens is 1. The number of nitrogen functional groups attached to an aromatic ring is 1. The van der Waals surface area contributed by atoms with Gasteiger partial charge in [-0.25, -0.2) is 4.39 Å². The number of hydrogen-bond acceptors (Lipinski definition) is 4. The van der Waals surface area contributed by atoms with Crippen LogP contribution in [-0.4, -0.2) is 45.6 Å². The summed E-state index contributed by atoms with van der Waals surface area (Å²) >= 11 is 0. The van der Waals surface area contributed by atoms with E-state index in [1.807, 2.05) is 0 Å². The van der Waals surface area contributed by atoms with Gasteiger partial charge >= 0.3 is 0 Å². The maximum Gasteiger partial charge on any atom is 0.241 e. The summed E-state index contributed by atoms with van der Waals surface area (Å²) in [6.07, 6.45) is 0. The monoisotopic (exact) mass is 255 g/mol. The fourth-order valence-electron chi connectivity index (χ4n) is 1.46. The van der Waals surface area contributed by atoms with Crippen molar-refractivity contribution in [2.75, 3.05) is 45.4 Å². The van der Waals surface area contributed by atoms with Gasteiger partial charge < -0.3 is 20.3 Å². The first-order valence-electron chi connectivity index (χ1n) is 5.41. The largest absolute Gasteiger partial charge is 0.495 e. The molecular weight excluding hydrogens is 237 g/mol. The zero-order valence-electron chi connectivity index (χ0n) is 11.0. The number of anilines is 2. The van der Waals surface area contributed by atoms with E-state index in [2.05, 4.69) is 0 Å². The minimum Gasteiger partial charge on any atom is -0.495 e. The lowest BCUT2D eigenvalue weighted by Crippen LogP contribution is -2.34. The van der Waals surface area contributed by atoms with Crippen molar-refractivity contribution in [2.24, 2.45) is 0 Å². The third kappa shape index (κ3) is 3.03. The molecule has 18 heavy (non-hydrogen) atoms. The third-order valence-electron chi connectivity index (χ3n) is 2.58. The van der Waals surface area contributed by atoms with Crippen molar-refractivity contribution in [1.29, 1.82) is 0 Å². The molecule has 0 aliphatic carbocycles. The molecule has 0 saturated heterocycles. The van der Waals surface area contributed by atoms with Crippen LogP contribution < -0.4 is 15.4 Å². The van der Waals surface area contributed by atoms with Gasteiger partial charge in [0.1, 0.15) is 11.6 Å². The summed E-state index contributed by atoms with van der Waals surface area (Å²) < 4.78 is 18.8. The summed E-state index contributed by atoms with van der Waals surface area (Å²) in [7, 11) is 6.39. The maximum atomic E-state index is 13.8. The second kappa shape index (κ2) is 5.57. The van der Waals surface area contributed by atoms with Crippen LogP contribution in [0.2, 0.25) is 0 Å². The number of methoxy groups -OCH3 is 1. The van der Waals surface area contributed by atoms with Crippen LogP contribution in [0.4, 0.5) is 15.8 Å². The van der Waals surface area contributed by atoms with Gasteiger partial charge in [-0.15, -0.1) is 0 Å². The van der Waals surface area contributed by atoms with Crippen molar-refractivity contribution in [1.82, 2.24) is 4.90 Å². The molecular formula is C12H18FN3O2. The van der Waals surface area contributed by atoms with E-state index >= 15 is 0 Å². The molecule has 0 fully saturated rings. The highest BCUT2D eigenvalue weighted by Gasteiger charge is 2.15. The van der Waals surface area contributed by atoms with E-state index in [1.165, 1.54) is 29.0 Å². The van der Waals surface area contributed by atoms with E-state index in [4.69, 9.17) is 10.5 Å². The van der Waals surface area contributed by atoms with Crippen LogP contribution in [-0.2, 0) is 4.79 Å². The summed E-state index contributed by atoms with van der Waals surface area (Å²) in [6.45, 7) is 0.0803. The Bertz CT molecular complexity index is 449. The van der Waals surface area contributed by atoms with E-state index in [-0.39, 0.29) is 23.8 Å². The van der Waals surface area contributed by atoms with Crippen LogP contribution in [0.25, 0.3) is 0 Å². The van der Waals surface area contributed by atoms with Crippen molar-refractivity contribution in [3.05, 3.63) is 17.9 Å². The smallest absolute Gasteiger partial charge is 0.241 e. The topological polar surface area (TPSA) is 58.8 Å².